The maximum Gasteiger partial charge on any atom is 0.241 e. The molecule has 2 rings (SSSR count). The maximum atomic E-state index is 12.1. The van der Waals surface area contributed by atoms with Crippen molar-refractivity contribution in [2.24, 2.45) is 5.92 Å². The Bertz CT molecular complexity index is 447. The van der Waals surface area contributed by atoms with Crippen LogP contribution in [-0.4, -0.2) is 23.4 Å². The predicted octanol–water partition coefficient (Wildman–Crippen LogP) is 2.81. The molecule has 0 aliphatic carbocycles. The van der Waals surface area contributed by atoms with E-state index in [0.29, 0.717) is 10.9 Å². The van der Waals surface area contributed by atoms with Gasteiger partial charge < -0.3 is 4.90 Å². The lowest BCUT2D eigenvalue weighted by atomic mass is 10.1. The van der Waals surface area contributed by atoms with Crippen LogP contribution in [0, 0.1) is 5.92 Å². The number of carbonyl (C=O) groups excluding carboxylic acids is 1. The molecule has 1 fully saturated rings. The van der Waals surface area contributed by atoms with Crippen LogP contribution < -0.4 is 5.32 Å². The predicted molar refractivity (Wildman–Crippen MR) is 73.3 cm³/mol. The van der Waals surface area contributed by atoms with E-state index in [-0.39, 0.29) is 18.1 Å². The SMILES string of the molecule is CC(C)CN1C(=O)C(C)NC1c1cccc(Cl)c1. The first-order valence-corrected chi connectivity index (χ1v) is 6.69. The van der Waals surface area contributed by atoms with E-state index in [9.17, 15) is 4.79 Å². The highest BCUT2D eigenvalue weighted by Gasteiger charge is 2.37. The number of halogens is 1. The molecule has 1 aliphatic heterocycles. The molecular weight excluding hydrogens is 248 g/mol. The van der Waals surface area contributed by atoms with Crippen molar-refractivity contribution in [2.45, 2.75) is 33.0 Å². The number of carbonyl (C=O) groups is 1. The van der Waals surface area contributed by atoms with Crippen LogP contribution in [0.1, 0.15) is 32.5 Å². The zero-order valence-electron chi connectivity index (χ0n) is 11.0. The van der Waals surface area contributed by atoms with Crippen LogP contribution in [-0.2, 0) is 4.79 Å². The van der Waals surface area contributed by atoms with E-state index in [2.05, 4.69) is 19.2 Å². The molecule has 1 N–H and O–H groups in total. The van der Waals surface area contributed by atoms with E-state index in [0.717, 1.165) is 12.1 Å². The highest BCUT2D eigenvalue weighted by Crippen LogP contribution is 2.27. The molecule has 1 aromatic rings. The van der Waals surface area contributed by atoms with Crippen LogP contribution in [0.4, 0.5) is 0 Å². The van der Waals surface area contributed by atoms with Crippen molar-refractivity contribution >= 4 is 17.5 Å². The van der Waals surface area contributed by atoms with E-state index < -0.39 is 0 Å². The van der Waals surface area contributed by atoms with Crippen LogP contribution in [0.15, 0.2) is 24.3 Å². The third-order valence-electron chi connectivity index (χ3n) is 3.10. The zero-order chi connectivity index (χ0) is 13.3. The fraction of sp³-hybridized carbons (Fsp3) is 0.500. The minimum atomic E-state index is -0.132. The van der Waals surface area contributed by atoms with Gasteiger partial charge in [-0.05, 0) is 30.5 Å². The van der Waals surface area contributed by atoms with E-state index in [4.69, 9.17) is 11.6 Å². The summed E-state index contributed by atoms with van der Waals surface area (Å²) >= 11 is 6.02. The van der Waals surface area contributed by atoms with Gasteiger partial charge in [0, 0.05) is 11.6 Å². The number of hydrogen-bond acceptors (Lipinski definition) is 2. The van der Waals surface area contributed by atoms with Gasteiger partial charge in [-0.2, -0.15) is 0 Å². The van der Waals surface area contributed by atoms with Gasteiger partial charge in [-0.15, -0.1) is 0 Å². The Kier molecular flexibility index (Phi) is 3.93. The van der Waals surface area contributed by atoms with Gasteiger partial charge in [-0.3, -0.25) is 10.1 Å². The average Bonchev–Trinajstić information content (AvgIpc) is 2.57. The summed E-state index contributed by atoms with van der Waals surface area (Å²) in [5.41, 5.74) is 1.04. The van der Waals surface area contributed by atoms with Gasteiger partial charge in [0.2, 0.25) is 5.91 Å². The van der Waals surface area contributed by atoms with Crippen LogP contribution in [0.5, 0.6) is 0 Å². The number of nitrogens with zero attached hydrogens (tertiary/aromatic N) is 1. The van der Waals surface area contributed by atoms with Crippen LogP contribution >= 0.6 is 11.6 Å². The van der Waals surface area contributed by atoms with Crippen molar-refractivity contribution in [3.63, 3.8) is 0 Å². The van der Waals surface area contributed by atoms with Gasteiger partial charge >= 0.3 is 0 Å². The Balaban J connectivity index is 2.27. The van der Waals surface area contributed by atoms with Gasteiger partial charge in [0.15, 0.2) is 0 Å². The Morgan fingerprint density at radius 2 is 2.17 bits per heavy atom. The number of nitrogens with one attached hydrogen (secondary N) is 1. The van der Waals surface area contributed by atoms with Crippen molar-refractivity contribution in [1.29, 1.82) is 0 Å². The molecular formula is C14H19ClN2O. The quantitative estimate of drug-likeness (QED) is 0.912. The highest BCUT2D eigenvalue weighted by atomic mass is 35.5. The number of hydrogen-bond donors (Lipinski definition) is 1. The molecule has 1 heterocycles. The zero-order valence-corrected chi connectivity index (χ0v) is 11.7. The molecule has 1 aromatic carbocycles. The average molecular weight is 267 g/mol. The van der Waals surface area contributed by atoms with E-state index >= 15 is 0 Å². The number of rotatable bonds is 3. The Morgan fingerprint density at radius 1 is 1.44 bits per heavy atom. The Hall–Kier alpha value is -1.06. The smallest absolute Gasteiger partial charge is 0.241 e. The molecule has 98 valence electrons. The molecule has 1 saturated heterocycles. The molecule has 0 radical (unpaired) electrons. The van der Waals surface area contributed by atoms with Crippen LogP contribution in [0.25, 0.3) is 0 Å². The summed E-state index contributed by atoms with van der Waals surface area (Å²) in [6.07, 6.45) is -0.0615. The van der Waals surface area contributed by atoms with Gasteiger partial charge in [0.25, 0.3) is 0 Å². The Morgan fingerprint density at radius 3 is 2.78 bits per heavy atom. The van der Waals surface area contributed by atoms with Crippen molar-refractivity contribution in [3.05, 3.63) is 34.9 Å². The third-order valence-corrected chi connectivity index (χ3v) is 3.33. The molecule has 18 heavy (non-hydrogen) atoms. The normalized spacial score (nSPS) is 24.1. The van der Waals surface area contributed by atoms with Crippen LogP contribution in [0.2, 0.25) is 5.02 Å². The number of benzene rings is 1. The molecule has 3 nitrogen and oxygen atoms in total. The van der Waals surface area contributed by atoms with Crippen molar-refractivity contribution in [2.75, 3.05) is 6.54 Å². The molecule has 4 heteroatoms. The van der Waals surface area contributed by atoms with Gasteiger partial charge in [-0.1, -0.05) is 37.6 Å². The molecule has 0 spiro atoms. The fourth-order valence-corrected chi connectivity index (χ4v) is 2.51. The van der Waals surface area contributed by atoms with Crippen molar-refractivity contribution in [1.82, 2.24) is 10.2 Å². The van der Waals surface area contributed by atoms with Gasteiger partial charge in [-0.25, -0.2) is 0 Å². The minimum Gasteiger partial charge on any atom is -0.321 e. The second-order valence-electron chi connectivity index (χ2n) is 5.23. The monoisotopic (exact) mass is 266 g/mol. The summed E-state index contributed by atoms with van der Waals surface area (Å²) in [4.78, 5) is 14.0. The molecule has 0 aromatic heterocycles. The lowest BCUT2D eigenvalue weighted by Crippen LogP contribution is -2.33. The summed E-state index contributed by atoms with van der Waals surface area (Å²) in [7, 11) is 0. The molecule has 0 saturated carbocycles. The molecule has 2 atom stereocenters. The lowest BCUT2D eigenvalue weighted by molar-refractivity contribution is -0.130. The first-order chi connectivity index (χ1) is 8.49. The topological polar surface area (TPSA) is 32.3 Å². The Labute approximate surface area is 113 Å². The minimum absolute atomic E-state index is 0.0615. The first-order valence-electron chi connectivity index (χ1n) is 6.31. The van der Waals surface area contributed by atoms with Crippen molar-refractivity contribution < 1.29 is 4.79 Å². The summed E-state index contributed by atoms with van der Waals surface area (Å²) in [6, 6.07) is 7.55. The lowest BCUT2D eigenvalue weighted by Gasteiger charge is -2.26. The third kappa shape index (κ3) is 2.68. The first kappa shape index (κ1) is 13.4. The van der Waals surface area contributed by atoms with Crippen molar-refractivity contribution in [3.8, 4) is 0 Å². The van der Waals surface area contributed by atoms with Crippen LogP contribution in [0.3, 0.4) is 0 Å². The van der Waals surface area contributed by atoms with E-state index in [1.807, 2.05) is 36.1 Å². The molecule has 1 aliphatic rings. The summed E-state index contributed by atoms with van der Waals surface area (Å²) in [6.45, 7) is 6.89. The molecule has 1 amide bonds. The van der Waals surface area contributed by atoms with Gasteiger partial charge in [0.05, 0.1) is 6.04 Å². The van der Waals surface area contributed by atoms with Gasteiger partial charge in [0.1, 0.15) is 6.17 Å². The summed E-state index contributed by atoms with van der Waals surface area (Å²) < 4.78 is 0. The highest BCUT2D eigenvalue weighted by molar-refractivity contribution is 6.30. The number of amides is 1. The standard InChI is InChI=1S/C14H19ClN2O/c1-9(2)8-17-13(16-10(3)14(17)18)11-5-4-6-12(15)7-11/h4-7,9-10,13,16H,8H2,1-3H3. The molecule has 2 unspecified atom stereocenters. The summed E-state index contributed by atoms with van der Waals surface area (Å²) in [5, 5.41) is 4.02. The van der Waals surface area contributed by atoms with E-state index in [1.165, 1.54) is 0 Å². The molecule has 0 bridgehead atoms. The largest absolute Gasteiger partial charge is 0.321 e. The maximum absolute atomic E-state index is 12.1. The fourth-order valence-electron chi connectivity index (χ4n) is 2.32. The summed E-state index contributed by atoms with van der Waals surface area (Å²) in [5.74, 6) is 0.608. The second kappa shape index (κ2) is 5.29. The second-order valence-corrected chi connectivity index (χ2v) is 5.67. The van der Waals surface area contributed by atoms with E-state index in [1.54, 1.807) is 0 Å².